The van der Waals surface area contributed by atoms with E-state index in [9.17, 15) is 5.11 Å². The van der Waals surface area contributed by atoms with Crippen LogP contribution in [-0.4, -0.2) is 49.8 Å². The van der Waals surface area contributed by atoms with Crippen molar-refractivity contribution in [3.05, 3.63) is 22.2 Å². The average molecular weight is 315 g/mol. The fourth-order valence-electron chi connectivity index (χ4n) is 2.20. The standard InChI is InChI=1S/C13H19BrN2O2/c1-18-13-11(14)3-2-10(12(13)17)4-7-16-8-5-15-6-9-16/h2-3,15,17H,4-9H2,1H3. The molecule has 1 heterocycles. The number of piperazine rings is 1. The Morgan fingerprint density at radius 1 is 1.39 bits per heavy atom. The van der Waals surface area contributed by atoms with E-state index in [1.54, 1.807) is 7.11 Å². The highest BCUT2D eigenvalue weighted by molar-refractivity contribution is 9.10. The number of aromatic hydroxyl groups is 1. The van der Waals surface area contributed by atoms with Crippen molar-refractivity contribution in [1.82, 2.24) is 10.2 Å². The van der Waals surface area contributed by atoms with Crippen molar-refractivity contribution in [2.24, 2.45) is 0 Å². The third kappa shape index (κ3) is 3.16. The Labute approximate surface area is 116 Å². The molecule has 0 radical (unpaired) electrons. The van der Waals surface area contributed by atoms with Gasteiger partial charge in [-0.1, -0.05) is 6.07 Å². The summed E-state index contributed by atoms with van der Waals surface area (Å²) in [7, 11) is 1.57. The van der Waals surface area contributed by atoms with Gasteiger partial charge in [-0.25, -0.2) is 0 Å². The third-order valence-corrected chi connectivity index (χ3v) is 3.90. The number of phenols is 1. The van der Waals surface area contributed by atoms with Crippen LogP contribution < -0.4 is 10.1 Å². The van der Waals surface area contributed by atoms with Gasteiger partial charge in [0.2, 0.25) is 0 Å². The summed E-state index contributed by atoms with van der Waals surface area (Å²) in [4.78, 5) is 2.41. The first kappa shape index (κ1) is 13.6. The molecule has 0 aliphatic carbocycles. The summed E-state index contributed by atoms with van der Waals surface area (Å²) in [5, 5.41) is 13.4. The first-order valence-corrected chi connectivity index (χ1v) is 6.99. The molecule has 0 amide bonds. The Morgan fingerprint density at radius 2 is 2.11 bits per heavy atom. The zero-order valence-electron chi connectivity index (χ0n) is 10.6. The van der Waals surface area contributed by atoms with Gasteiger partial charge in [-0.3, -0.25) is 0 Å². The predicted octanol–water partition coefficient (Wildman–Crippen LogP) is 1.61. The molecule has 18 heavy (non-hydrogen) atoms. The quantitative estimate of drug-likeness (QED) is 0.886. The predicted molar refractivity (Wildman–Crippen MR) is 75.4 cm³/mol. The Bertz CT molecular complexity index is 406. The van der Waals surface area contributed by atoms with Crippen LogP contribution in [0.5, 0.6) is 11.5 Å². The molecular weight excluding hydrogens is 296 g/mol. The van der Waals surface area contributed by atoms with E-state index >= 15 is 0 Å². The van der Waals surface area contributed by atoms with Crippen LogP contribution in [0, 0.1) is 0 Å². The molecule has 0 aromatic heterocycles. The van der Waals surface area contributed by atoms with Crippen LogP contribution in [0.4, 0.5) is 0 Å². The average Bonchev–Trinajstić information content (AvgIpc) is 2.40. The number of phenolic OH excluding ortho intramolecular Hbond substituents is 1. The number of nitrogens with zero attached hydrogens (tertiary/aromatic N) is 1. The van der Waals surface area contributed by atoms with Crippen LogP contribution in [0.2, 0.25) is 0 Å². The minimum Gasteiger partial charge on any atom is -0.504 e. The van der Waals surface area contributed by atoms with Crippen molar-refractivity contribution in [1.29, 1.82) is 0 Å². The van der Waals surface area contributed by atoms with Crippen molar-refractivity contribution in [3.63, 3.8) is 0 Å². The molecule has 100 valence electrons. The first-order valence-electron chi connectivity index (χ1n) is 6.19. The van der Waals surface area contributed by atoms with Gasteiger partial charge in [0.15, 0.2) is 11.5 Å². The summed E-state index contributed by atoms with van der Waals surface area (Å²) in [6.07, 6.45) is 0.843. The molecular formula is C13H19BrN2O2. The summed E-state index contributed by atoms with van der Waals surface area (Å²) in [5.41, 5.74) is 0.939. The van der Waals surface area contributed by atoms with Crippen molar-refractivity contribution < 1.29 is 9.84 Å². The lowest BCUT2D eigenvalue weighted by Gasteiger charge is -2.27. The van der Waals surface area contributed by atoms with Crippen molar-refractivity contribution in [2.45, 2.75) is 6.42 Å². The molecule has 2 rings (SSSR count). The van der Waals surface area contributed by atoms with Gasteiger partial charge in [0.05, 0.1) is 11.6 Å². The number of nitrogens with one attached hydrogen (secondary N) is 1. The SMILES string of the molecule is COc1c(Br)ccc(CCN2CCNCC2)c1O. The lowest BCUT2D eigenvalue weighted by molar-refractivity contribution is 0.243. The van der Waals surface area contributed by atoms with Crippen LogP contribution in [0.3, 0.4) is 0 Å². The highest BCUT2D eigenvalue weighted by Crippen LogP contribution is 2.37. The summed E-state index contributed by atoms with van der Waals surface area (Å²) >= 11 is 3.37. The number of hydrogen-bond donors (Lipinski definition) is 2. The molecule has 1 aliphatic heterocycles. The van der Waals surface area contributed by atoms with Gasteiger partial charge < -0.3 is 20.1 Å². The first-order chi connectivity index (χ1) is 8.72. The van der Waals surface area contributed by atoms with Gasteiger partial charge in [-0.05, 0) is 34.0 Å². The number of halogens is 1. The maximum Gasteiger partial charge on any atom is 0.174 e. The molecule has 1 aromatic rings. The highest BCUT2D eigenvalue weighted by Gasteiger charge is 2.14. The smallest absolute Gasteiger partial charge is 0.174 e. The van der Waals surface area contributed by atoms with Crippen LogP contribution in [0.25, 0.3) is 0 Å². The van der Waals surface area contributed by atoms with Gasteiger partial charge in [0.25, 0.3) is 0 Å². The van der Waals surface area contributed by atoms with Crippen molar-refractivity contribution in [2.75, 3.05) is 39.8 Å². The molecule has 0 atom stereocenters. The minimum atomic E-state index is 0.252. The maximum absolute atomic E-state index is 10.1. The molecule has 1 saturated heterocycles. The summed E-state index contributed by atoms with van der Waals surface area (Å²) in [6.45, 7) is 5.23. The van der Waals surface area contributed by atoms with E-state index in [0.717, 1.165) is 49.2 Å². The number of rotatable bonds is 4. The molecule has 0 spiro atoms. The fraction of sp³-hybridized carbons (Fsp3) is 0.538. The molecule has 1 fully saturated rings. The second-order valence-corrected chi connectivity index (χ2v) is 5.28. The van der Waals surface area contributed by atoms with E-state index in [1.807, 2.05) is 12.1 Å². The lowest BCUT2D eigenvalue weighted by Crippen LogP contribution is -2.44. The minimum absolute atomic E-state index is 0.252. The molecule has 1 aliphatic rings. The highest BCUT2D eigenvalue weighted by atomic mass is 79.9. The van der Waals surface area contributed by atoms with Gasteiger partial charge in [-0.15, -0.1) is 0 Å². The number of methoxy groups -OCH3 is 1. The third-order valence-electron chi connectivity index (χ3n) is 3.28. The van der Waals surface area contributed by atoms with Crippen LogP contribution >= 0.6 is 15.9 Å². The van der Waals surface area contributed by atoms with Crippen LogP contribution in [0.1, 0.15) is 5.56 Å². The lowest BCUT2D eigenvalue weighted by atomic mass is 10.1. The second kappa shape index (κ2) is 6.41. The van der Waals surface area contributed by atoms with Crippen LogP contribution in [-0.2, 0) is 6.42 Å². The Morgan fingerprint density at radius 3 is 2.78 bits per heavy atom. The fourth-order valence-corrected chi connectivity index (χ4v) is 2.68. The Kier molecular flexibility index (Phi) is 4.86. The molecule has 0 saturated carbocycles. The molecule has 1 aromatic carbocycles. The molecule has 0 unspecified atom stereocenters. The Balaban J connectivity index is 2.00. The van der Waals surface area contributed by atoms with E-state index < -0.39 is 0 Å². The van der Waals surface area contributed by atoms with Gasteiger partial charge in [0, 0.05) is 32.7 Å². The largest absolute Gasteiger partial charge is 0.504 e. The van der Waals surface area contributed by atoms with Gasteiger partial charge in [-0.2, -0.15) is 0 Å². The summed E-state index contributed by atoms with van der Waals surface area (Å²) in [6, 6.07) is 3.87. The number of benzene rings is 1. The zero-order valence-corrected chi connectivity index (χ0v) is 12.2. The second-order valence-electron chi connectivity index (χ2n) is 4.43. The zero-order chi connectivity index (χ0) is 13.0. The summed E-state index contributed by atoms with van der Waals surface area (Å²) in [5.74, 6) is 0.773. The molecule has 2 N–H and O–H groups in total. The topological polar surface area (TPSA) is 44.7 Å². The normalized spacial score (nSPS) is 16.8. The van der Waals surface area contributed by atoms with Crippen molar-refractivity contribution in [3.8, 4) is 11.5 Å². The van der Waals surface area contributed by atoms with Crippen LogP contribution in [0.15, 0.2) is 16.6 Å². The Hall–Kier alpha value is -0.780. The van der Waals surface area contributed by atoms with E-state index in [-0.39, 0.29) is 5.75 Å². The molecule has 5 heteroatoms. The van der Waals surface area contributed by atoms with E-state index in [1.165, 1.54) is 0 Å². The van der Waals surface area contributed by atoms with E-state index in [0.29, 0.717) is 5.75 Å². The maximum atomic E-state index is 10.1. The molecule has 0 bridgehead atoms. The molecule has 4 nitrogen and oxygen atoms in total. The van der Waals surface area contributed by atoms with E-state index in [4.69, 9.17) is 4.74 Å². The van der Waals surface area contributed by atoms with Gasteiger partial charge in [0.1, 0.15) is 0 Å². The van der Waals surface area contributed by atoms with Crippen molar-refractivity contribution >= 4 is 15.9 Å². The van der Waals surface area contributed by atoms with Gasteiger partial charge >= 0.3 is 0 Å². The van der Waals surface area contributed by atoms with E-state index in [2.05, 4.69) is 26.1 Å². The number of ether oxygens (including phenoxy) is 1. The summed E-state index contributed by atoms with van der Waals surface area (Å²) < 4.78 is 5.97. The monoisotopic (exact) mass is 314 g/mol. The number of hydrogen-bond acceptors (Lipinski definition) is 4.